The Hall–Kier alpha value is -5.36. The van der Waals surface area contributed by atoms with E-state index in [4.69, 9.17) is 0 Å². The quantitative estimate of drug-likeness (QED) is 0.207. The van der Waals surface area contributed by atoms with Crippen molar-refractivity contribution < 1.29 is 10.2 Å². The number of aromatic hydroxyl groups is 2. The van der Waals surface area contributed by atoms with Gasteiger partial charge in [-0.15, -0.1) is 10.2 Å². The highest BCUT2D eigenvalue weighted by Gasteiger charge is 2.09. The number of hydrogen-bond acceptors (Lipinski definition) is 6. The third-order valence-corrected chi connectivity index (χ3v) is 7.20. The van der Waals surface area contributed by atoms with Crippen LogP contribution in [0.2, 0.25) is 0 Å². The van der Waals surface area contributed by atoms with E-state index in [1.54, 1.807) is 12.1 Å². The molecule has 200 valence electrons. The molecule has 6 nitrogen and oxygen atoms in total. The molecule has 6 aromatic rings. The Balaban J connectivity index is 1.20. The Morgan fingerprint density at radius 2 is 0.927 bits per heavy atom. The van der Waals surface area contributed by atoms with E-state index >= 15 is 0 Å². The van der Waals surface area contributed by atoms with Crippen LogP contribution in [-0.4, -0.2) is 10.2 Å². The lowest BCUT2D eigenvalue weighted by Gasteiger charge is -2.08. The van der Waals surface area contributed by atoms with Crippen LogP contribution in [-0.2, 0) is 6.42 Å². The number of rotatable bonds is 6. The van der Waals surface area contributed by atoms with Gasteiger partial charge < -0.3 is 10.2 Å². The third kappa shape index (κ3) is 5.40. The summed E-state index contributed by atoms with van der Waals surface area (Å²) >= 11 is 0. The van der Waals surface area contributed by atoms with Crippen molar-refractivity contribution in [2.24, 2.45) is 20.5 Å². The van der Waals surface area contributed by atoms with Gasteiger partial charge in [-0.2, -0.15) is 10.2 Å². The molecule has 0 aliphatic carbocycles. The molecule has 0 saturated heterocycles. The Morgan fingerprint density at radius 1 is 0.488 bits per heavy atom. The van der Waals surface area contributed by atoms with Crippen LogP contribution in [0.15, 0.2) is 130 Å². The molecule has 0 heterocycles. The Labute approximate surface area is 238 Å². The van der Waals surface area contributed by atoms with Gasteiger partial charge in [-0.25, -0.2) is 0 Å². The maximum atomic E-state index is 10.4. The van der Waals surface area contributed by atoms with Crippen molar-refractivity contribution in [3.63, 3.8) is 0 Å². The lowest BCUT2D eigenvalue weighted by molar-refractivity contribution is 0.476. The molecule has 6 heteroatoms. The molecule has 41 heavy (non-hydrogen) atoms. The molecule has 0 radical (unpaired) electrons. The summed E-state index contributed by atoms with van der Waals surface area (Å²) in [7, 11) is 0. The molecule has 0 atom stereocenters. The molecule has 6 aromatic carbocycles. The van der Waals surface area contributed by atoms with Gasteiger partial charge in [-0.3, -0.25) is 0 Å². The molecule has 6 rings (SSSR count). The fourth-order valence-corrected chi connectivity index (χ4v) is 5.02. The first kappa shape index (κ1) is 25.9. The van der Waals surface area contributed by atoms with E-state index < -0.39 is 0 Å². The van der Waals surface area contributed by atoms with Crippen molar-refractivity contribution in [3.05, 3.63) is 131 Å². The molecular weight excluding hydrogens is 508 g/mol. The molecule has 0 aromatic heterocycles. The van der Waals surface area contributed by atoms with Gasteiger partial charge in [0.15, 0.2) is 0 Å². The van der Waals surface area contributed by atoms with Crippen molar-refractivity contribution in [1.82, 2.24) is 0 Å². The fourth-order valence-electron chi connectivity index (χ4n) is 5.02. The number of phenols is 2. The maximum Gasteiger partial charge on any atom is 0.143 e. The van der Waals surface area contributed by atoms with Crippen LogP contribution in [0.25, 0.3) is 21.5 Å². The van der Waals surface area contributed by atoms with Crippen LogP contribution in [0.4, 0.5) is 22.7 Å². The molecular formula is C35H28N4O2. The zero-order chi connectivity index (χ0) is 28.3. The van der Waals surface area contributed by atoms with E-state index in [1.807, 2.05) is 86.6 Å². The Kier molecular flexibility index (Phi) is 6.96. The molecule has 0 saturated carbocycles. The fraction of sp³-hybridized carbons (Fsp3) is 0.0857. The second kappa shape index (κ2) is 11.0. The summed E-state index contributed by atoms with van der Waals surface area (Å²) in [5, 5.41) is 42.2. The van der Waals surface area contributed by atoms with E-state index in [-0.39, 0.29) is 11.5 Å². The number of phenolic OH excluding ortho intramolecular Hbond substituents is 2. The van der Waals surface area contributed by atoms with Gasteiger partial charge in [0.25, 0.3) is 0 Å². The summed E-state index contributed by atoms with van der Waals surface area (Å²) in [6.07, 6.45) is 0.755. The van der Waals surface area contributed by atoms with Crippen molar-refractivity contribution >= 4 is 44.3 Å². The van der Waals surface area contributed by atoms with E-state index in [0.717, 1.165) is 61.6 Å². The molecule has 0 fully saturated rings. The molecule has 2 N–H and O–H groups in total. The first-order valence-electron chi connectivity index (χ1n) is 13.4. The number of fused-ring (bicyclic) bond motifs is 2. The third-order valence-electron chi connectivity index (χ3n) is 7.20. The first-order valence-corrected chi connectivity index (χ1v) is 13.4. The highest BCUT2D eigenvalue weighted by atomic mass is 16.3. The van der Waals surface area contributed by atoms with Crippen LogP contribution in [0.1, 0.15) is 22.3 Å². The van der Waals surface area contributed by atoms with Gasteiger partial charge in [0.05, 0.1) is 11.4 Å². The van der Waals surface area contributed by atoms with Crippen LogP contribution in [0.5, 0.6) is 11.5 Å². The van der Waals surface area contributed by atoms with E-state index in [0.29, 0.717) is 11.4 Å². The average molecular weight is 537 g/mol. The Bertz CT molecular complexity index is 1840. The lowest BCUT2D eigenvalue weighted by Crippen LogP contribution is -1.90. The van der Waals surface area contributed by atoms with E-state index in [9.17, 15) is 10.2 Å². The summed E-state index contributed by atoms with van der Waals surface area (Å²) in [6, 6.07) is 34.9. The largest absolute Gasteiger partial charge is 0.506 e. The number of nitrogens with zero attached hydrogens (tertiary/aromatic N) is 4. The monoisotopic (exact) mass is 536 g/mol. The van der Waals surface area contributed by atoms with Crippen molar-refractivity contribution in [3.8, 4) is 11.5 Å². The zero-order valence-electron chi connectivity index (χ0n) is 22.8. The summed E-state index contributed by atoms with van der Waals surface area (Å²) in [4.78, 5) is 0. The van der Waals surface area contributed by atoms with Crippen LogP contribution >= 0.6 is 0 Å². The average Bonchev–Trinajstić information content (AvgIpc) is 2.98. The van der Waals surface area contributed by atoms with Crippen molar-refractivity contribution in [1.29, 1.82) is 0 Å². The molecule has 0 aliphatic rings. The summed E-state index contributed by atoms with van der Waals surface area (Å²) in [6.45, 7) is 4.02. The van der Waals surface area contributed by atoms with Gasteiger partial charge in [0.2, 0.25) is 0 Å². The van der Waals surface area contributed by atoms with Gasteiger partial charge in [-0.05, 0) is 77.6 Å². The summed E-state index contributed by atoms with van der Waals surface area (Å²) in [5.41, 5.74) is 6.76. The summed E-state index contributed by atoms with van der Waals surface area (Å²) in [5.74, 6) is 0.211. The minimum absolute atomic E-state index is 0.106. The highest BCUT2D eigenvalue weighted by molar-refractivity contribution is 5.96. The molecule has 0 unspecified atom stereocenters. The normalized spacial score (nSPS) is 11.8. The van der Waals surface area contributed by atoms with E-state index in [1.165, 1.54) is 0 Å². The molecule has 0 bridgehead atoms. The second-order valence-electron chi connectivity index (χ2n) is 10.1. The minimum Gasteiger partial charge on any atom is -0.506 e. The summed E-state index contributed by atoms with van der Waals surface area (Å²) < 4.78 is 0. The predicted octanol–water partition coefficient (Wildman–Crippen LogP) is 10.4. The molecule has 0 spiro atoms. The van der Waals surface area contributed by atoms with E-state index in [2.05, 4.69) is 44.7 Å². The molecule has 0 amide bonds. The highest BCUT2D eigenvalue weighted by Crippen LogP contribution is 2.38. The van der Waals surface area contributed by atoms with Gasteiger partial charge in [-0.1, -0.05) is 84.9 Å². The van der Waals surface area contributed by atoms with Gasteiger partial charge >= 0.3 is 0 Å². The van der Waals surface area contributed by atoms with Crippen molar-refractivity contribution in [2.45, 2.75) is 20.3 Å². The lowest BCUT2D eigenvalue weighted by atomic mass is 10.0. The van der Waals surface area contributed by atoms with Gasteiger partial charge in [0.1, 0.15) is 22.9 Å². The zero-order valence-corrected chi connectivity index (χ0v) is 22.8. The number of aryl methyl sites for hydroxylation is 2. The number of azo groups is 2. The SMILES string of the molecule is Cc1cc(Cc2ccc(N=Nc3c(O)ccc4ccccc34)c(C)c2)ccc1N=Nc1c(O)ccc2ccccc12. The second-order valence-corrected chi connectivity index (χ2v) is 10.1. The topological polar surface area (TPSA) is 89.9 Å². The molecule has 0 aliphatic heterocycles. The van der Waals surface area contributed by atoms with Crippen LogP contribution in [0, 0.1) is 13.8 Å². The van der Waals surface area contributed by atoms with Crippen LogP contribution in [0.3, 0.4) is 0 Å². The maximum absolute atomic E-state index is 10.4. The Morgan fingerprint density at radius 3 is 1.37 bits per heavy atom. The first-order chi connectivity index (χ1) is 20.0. The standard InChI is InChI=1S/C35H28N4O2/c1-22-19-24(11-15-30(22)36-38-34-28-9-5-3-7-26(28)13-17-32(34)40)21-25-12-16-31(23(2)20-25)37-39-35-29-10-6-4-8-27(29)14-18-33(35)41/h3-20,40-41H,21H2,1-2H3. The number of hydrogen-bond donors (Lipinski definition) is 2. The van der Waals surface area contributed by atoms with Crippen molar-refractivity contribution in [2.75, 3.05) is 0 Å². The minimum atomic E-state index is 0.106. The van der Waals surface area contributed by atoms with Crippen LogP contribution < -0.4 is 0 Å². The number of benzene rings is 6. The smallest absolute Gasteiger partial charge is 0.143 e. The van der Waals surface area contributed by atoms with Gasteiger partial charge in [0, 0.05) is 10.8 Å². The predicted molar refractivity (Wildman–Crippen MR) is 165 cm³/mol.